The maximum atomic E-state index is 12.6. The number of ketones is 1. The molecule has 1 N–H and O–H groups in total. The highest BCUT2D eigenvalue weighted by molar-refractivity contribution is 8.26. The lowest BCUT2D eigenvalue weighted by atomic mass is 10.1. The average Bonchev–Trinajstić information content (AvgIpc) is 3.32. The second-order valence-corrected chi connectivity index (χ2v) is 7.72. The van der Waals surface area contributed by atoms with Crippen molar-refractivity contribution < 1.29 is 14.3 Å². The van der Waals surface area contributed by atoms with E-state index in [2.05, 4.69) is 4.98 Å². The fourth-order valence-corrected chi connectivity index (χ4v) is 4.37. The molecule has 7 heteroatoms. The Balaban J connectivity index is 1.55. The number of H-pyrrole nitrogens is 1. The molecule has 3 heterocycles. The molecule has 2 saturated heterocycles. The van der Waals surface area contributed by atoms with Gasteiger partial charge in [0, 0.05) is 35.3 Å². The van der Waals surface area contributed by atoms with E-state index in [-0.39, 0.29) is 17.8 Å². The van der Waals surface area contributed by atoms with Crippen molar-refractivity contribution in [2.75, 3.05) is 13.2 Å². The topological polar surface area (TPSA) is 62.4 Å². The summed E-state index contributed by atoms with van der Waals surface area (Å²) < 4.78 is 6.07. The van der Waals surface area contributed by atoms with E-state index in [1.165, 1.54) is 17.8 Å². The molecule has 25 heavy (non-hydrogen) atoms. The van der Waals surface area contributed by atoms with Crippen LogP contribution in [0.3, 0.4) is 0 Å². The second-order valence-electron chi connectivity index (χ2n) is 6.04. The van der Waals surface area contributed by atoms with Gasteiger partial charge < -0.3 is 9.72 Å². The minimum Gasteiger partial charge on any atom is -0.376 e. The summed E-state index contributed by atoms with van der Waals surface area (Å²) in [5.41, 5.74) is 1.45. The summed E-state index contributed by atoms with van der Waals surface area (Å²) in [5, 5.41) is 0.846. The Labute approximate surface area is 154 Å². The number of carbonyl (C=O) groups excluding carboxylic acids is 2. The van der Waals surface area contributed by atoms with Crippen LogP contribution in [0.25, 0.3) is 10.9 Å². The number of allylic oxidation sites excluding steroid dienone is 1. The number of ether oxygens (including phenoxy) is 1. The standard InChI is InChI=1S/C18H16N2O3S2/c21-15(13-9-19-14-6-2-1-5-12(13)14)8-16-17(22)20(18(24)25-16)10-11-4-3-7-23-11/h1-2,5-6,8-9,11,19H,3-4,7,10H2/b16-8-. The molecule has 0 aliphatic carbocycles. The number of carbonyl (C=O) groups is 2. The average molecular weight is 372 g/mol. The molecule has 1 amide bonds. The maximum Gasteiger partial charge on any atom is 0.266 e. The Morgan fingerprint density at radius 2 is 2.28 bits per heavy atom. The predicted molar refractivity (Wildman–Crippen MR) is 102 cm³/mol. The molecule has 2 aromatic rings. The first-order chi connectivity index (χ1) is 12.1. The van der Waals surface area contributed by atoms with Gasteiger partial charge in [-0.15, -0.1) is 0 Å². The van der Waals surface area contributed by atoms with Crippen LogP contribution in [-0.2, 0) is 9.53 Å². The number of nitrogens with zero attached hydrogens (tertiary/aromatic N) is 1. The number of amides is 1. The van der Waals surface area contributed by atoms with Crippen LogP contribution in [0.2, 0.25) is 0 Å². The lowest BCUT2D eigenvalue weighted by Gasteiger charge is -2.18. The molecule has 1 atom stereocenters. The third-order valence-corrected chi connectivity index (χ3v) is 5.78. The molecule has 0 radical (unpaired) electrons. The molecule has 1 aromatic carbocycles. The molecule has 5 nitrogen and oxygen atoms in total. The number of para-hydroxylation sites is 1. The monoisotopic (exact) mass is 372 g/mol. The van der Waals surface area contributed by atoms with Crippen molar-refractivity contribution in [1.29, 1.82) is 0 Å². The normalized spacial score (nSPS) is 22.5. The Bertz CT molecular complexity index is 897. The largest absolute Gasteiger partial charge is 0.376 e. The van der Waals surface area contributed by atoms with Crippen LogP contribution in [0, 0.1) is 0 Å². The van der Waals surface area contributed by atoms with Crippen LogP contribution in [0.4, 0.5) is 0 Å². The zero-order valence-electron chi connectivity index (χ0n) is 13.4. The predicted octanol–water partition coefficient (Wildman–Crippen LogP) is 3.27. The first-order valence-electron chi connectivity index (χ1n) is 8.11. The number of thiocarbonyl (C=S) groups is 1. The molecule has 0 bridgehead atoms. The van der Waals surface area contributed by atoms with Crippen molar-refractivity contribution in [3.8, 4) is 0 Å². The van der Waals surface area contributed by atoms with Crippen molar-refractivity contribution in [3.63, 3.8) is 0 Å². The summed E-state index contributed by atoms with van der Waals surface area (Å²) in [6.45, 7) is 1.19. The van der Waals surface area contributed by atoms with Gasteiger partial charge in [-0.1, -0.05) is 42.2 Å². The summed E-state index contributed by atoms with van der Waals surface area (Å²) in [6, 6.07) is 7.58. The van der Waals surface area contributed by atoms with E-state index >= 15 is 0 Å². The van der Waals surface area contributed by atoms with Crippen molar-refractivity contribution in [2.24, 2.45) is 0 Å². The highest BCUT2D eigenvalue weighted by Crippen LogP contribution is 2.32. The van der Waals surface area contributed by atoms with Gasteiger partial charge in [0.2, 0.25) is 0 Å². The zero-order valence-corrected chi connectivity index (χ0v) is 15.0. The third-order valence-electron chi connectivity index (χ3n) is 4.40. The third kappa shape index (κ3) is 3.15. The van der Waals surface area contributed by atoms with Crippen LogP contribution in [0.15, 0.2) is 41.4 Å². The lowest BCUT2D eigenvalue weighted by Crippen LogP contribution is -2.35. The van der Waals surface area contributed by atoms with E-state index in [4.69, 9.17) is 17.0 Å². The molecule has 1 aromatic heterocycles. The van der Waals surface area contributed by atoms with Crippen molar-refractivity contribution in [3.05, 3.63) is 47.0 Å². The van der Waals surface area contributed by atoms with Gasteiger partial charge in [-0.2, -0.15) is 0 Å². The molecule has 1 unspecified atom stereocenters. The molecule has 128 valence electrons. The van der Waals surface area contributed by atoms with Gasteiger partial charge in [-0.05, 0) is 18.9 Å². The van der Waals surface area contributed by atoms with E-state index in [0.29, 0.717) is 21.3 Å². The van der Waals surface area contributed by atoms with Crippen LogP contribution in [0.5, 0.6) is 0 Å². The summed E-state index contributed by atoms with van der Waals surface area (Å²) in [5.74, 6) is -0.409. The minimum absolute atomic E-state index is 0.0335. The number of benzene rings is 1. The molecule has 2 aliphatic rings. The SMILES string of the molecule is O=C(/C=C1\SC(=S)N(CC2CCCO2)C1=O)c1c[nH]c2ccccc12. The van der Waals surface area contributed by atoms with Gasteiger partial charge in [-0.25, -0.2) is 0 Å². The van der Waals surface area contributed by atoms with Gasteiger partial charge in [0.25, 0.3) is 5.91 Å². The number of rotatable bonds is 4. The number of nitrogens with one attached hydrogen (secondary N) is 1. The maximum absolute atomic E-state index is 12.6. The Morgan fingerprint density at radius 3 is 3.08 bits per heavy atom. The van der Waals surface area contributed by atoms with E-state index in [1.807, 2.05) is 24.3 Å². The highest BCUT2D eigenvalue weighted by atomic mass is 32.2. The van der Waals surface area contributed by atoms with Crippen LogP contribution >= 0.6 is 24.0 Å². The molecular formula is C18H16N2O3S2. The smallest absolute Gasteiger partial charge is 0.266 e. The molecular weight excluding hydrogens is 356 g/mol. The van der Waals surface area contributed by atoms with Gasteiger partial charge in [0.05, 0.1) is 17.6 Å². The summed E-state index contributed by atoms with van der Waals surface area (Å²) in [4.78, 5) is 30.2. The van der Waals surface area contributed by atoms with E-state index in [9.17, 15) is 9.59 Å². The van der Waals surface area contributed by atoms with E-state index < -0.39 is 0 Å². The van der Waals surface area contributed by atoms with E-state index in [0.717, 1.165) is 30.4 Å². The van der Waals surface area contributed by atoms with Gasteiger partial charge in [0.15, 0.2) is 5.78 Å². The van der Waals surface area contributed by atoms with E-state index in [1.54, 1.807) is 11.1 Å². The summed E-state index contributed by atoms with van der Waals surface area (Å²) in [7, 11) is 0. The number of hydrogen-bond acceptors (Lipinski definition) is 5. The Morgan fingerprint density at radius 1 is 1.44 bits per heavy atom. The van der Waals surface area contributed by atoms with Crippen molar-refractivity contribution in [1.82, 2.24) is 9.88 Å². The highest BCUT2D eigenvalue weighted by Gasteiger charge is 2.35. The minimum atomic E-state index is -0.210. The van der Waals surface area contributed by atoms with Gasteiger partial charge >= 0.3 is 0 Å². The first-order valence-corrected chi connectivity index (χ1v) is 9.33. The van der Waals surface area contributed by atoms with Crippen molar-refractivity contribution in [2.45, 2.75) is 18.9 Å². The molecule has 4 rings (SSSR count). The Hall–Kier alpha value is -1.96. The Kier molecular flexibility index (Phi) is 4.45. The number of aromatic amines is 1. The van der Waals surface area contributed by atoms with Crippen LogP contribution in [-0.4, -0.2) is 45.2 Å². The zero-order chi connectivity index (χ0) is 17.4. The number of fused-ring (bicyclic) bond motifs is 1. The van der Waals surface area contributed by atoms with Gasteiger partial charge in [-0.3, -0.25) is 14.5 Å². The fraction of sp³-hybridized carbons (Fsp3) is 0.278. The molecule has 0 spiro atoms. The quantitative estimate of drug-likeness (QED) is 0.507. The molecule has 2 aliphatic heterocycles. The van der Waals surface area contributed by atoms with Crippen LogP contribution in [0.1, 0.15) is 23.2 Å². The molecule has 0 saturated carbocycles. The lowest BCUT2D eigenvalue weighted by molar-refractivity contribution is -0.123. The van der Waals surface area contributed by atoms with Crippen LogP contribution < -0.4 is 0 Å². The fourth-order valence-electron chi connectivity index (χ4n) is 3.12. The first kappa shape index (κ1) is 16.5. The summed E-state index contributed by atoms with van der Waals surface area (Å²) >= 11 is 6.49. The van der Waals surface area contributed by atoms with Gasteiger partial charge in [0.1, 0.15) is 4.32 Å². The number of aromatic nitrogens is 1. The number of hydrogen-bond donors (Lipinski definition) is 1. The molecule has 2 fully saturated rings. The second kappa shape index (κ2) is 6.74. The number of thioether (sulfide) groups is 1. The van der Waals surface area contributed by atoms with Crippen molar-refractivity contribution >= 4 is 50.9 Å². The summed E-state index contributed by atoms with van der Waals surface area (Å²) in [6.07, 6.45) is 5.05.